The number of hydrogen-bond acceptors (Lipinski definition) is 8. The van der Waals surface area contributed by atoms with Crippen LogP contribution in [0, 0.1) is 5.41 Å². The minimum absolute atomic E-state index is 0.163. The quantitative estimate of drug-likeness (QED) is 0.359. The number of carbonyl (C=O) groups excluding carboxylic acids is 1. The summed E-state index contributed by atoms with van der Waals surface area (Å²) in [4.78, 5) is 21.2. The average Bonchev–Trinajstić information content (AvgIpc) is 3.57. The van der Waals surface area contributed by atoms with Crippen LogP contribution in [0.3, 0.4) is 0 Å². The Morgan fingerprint density at radius 3 is 2.77 bits per heavy atom. The second-order valence-corrected chi connectivity index (χ2v) is 12.8. The summed E-state index contributed by atoms with van der Waals surface area (Å²) in [6, 6.07) is 6.54. The van der Waals surface area contributed by atoms with E-state index in [0.717, 1.165) is 56.7 Å². The normalized spacial score (nSPS) is 16.5. The predicted molar refractivity (Wildman–Crippen MR) is 151 cm³/mol. The molecule has 0 atom stereocenters. The third-order valence-corrected chi connectivity index (χ3v) is 7.63. The van der Waals surface area contributed by atoms with Crippen molar-refractivity contribution in [2.75, 3.05) is 25.0 Å². The van der Waals surface area contributed by atoms with E-state index >= 15 is 0 Å². The van der Waals surface area contributed by atoms with Crippen molar-refractivity contribution in [3.05, 3.63) is 40.6 Å². The molecule has 0 spiro atoms. The zero-order valence-electron chi connectivity index (χ0n) is 24.5. The highest BCUT2D eigenvalue weighted by Gasteiger charge is 2.33. The van der Waals surface area contributed by atoms with Crippen molar-refractivity contribution in [3.63, 3.8) is 0 Å². The van der Waals surface area contributed by atoms with E-state index in [1.54, 1.807) is 0 Å². The Bertz CT molecular complexity index is 1350. The Balaban J connectivity index is 1.27. The van der Waals surface area contributed by atoms with Crippen molar-refractivity contribution in [2.45, 2.75) is 92.3 Å². The van der Waals surface area contributed by atoms with Gasteiger partial charge < -0.3 is 19.1 Å². The van der Waals surface area contributed by atoms with Gasteiger partial charge in [-0.3, -0.25) is 9.48 Å². The fraction of sp³-hybridized carbons (Fsp3) is 0.600. The van der Waals surface area contributed by atoms with Gasteiger partial charge in [-0.05, 0) is 88.2 Å². The van der Waals surface area contributed by atoms with E-state index in [1.807, 2.05) is 27.8 Å². The van der Waals surface area contributed by atoms with Crippen LogP contribution in [0.15, 0.2) is 22.7 Å². The van der Waals surface area contributed by atoms with Gasteiger partial charge in [0.15, 0.2) is 5.69 Å². The molecule has 0 bridgehead atoms. The van der Waals surface area contributed by atoms with E-state index < -0.39 is 5.60 Å². The topological polar surface area (TPSA) is 89.5 Å². The largest absolute Gasteiger partial charge is 0.460 e. The maximum absolute atomic E-state index is 12.1. The number of hydrogen-bond donors (Lipinski definition) is 0. The van der Waals surface area contributed by atoms with Crippen molar-refractivity contribution >= 4 is 17.6 Å². The van der Waals surface area contributed by atoms with Gasteiger partial charge >= 0.3 is 5.97 Å². The van der Waals surface area contributed by atoms with Crippen molar-refractivity contribution in [2.24, 2.45) is 5.41 Å². The van der Waals surface area contributed by atoms with Crippen LogP contribution in [0.4, 0.5) is 11.6 Å². The van der Waals surface area contributed by atoms with Crippen molar-refractivity contribution in [1.82, 2.24) is 24.8 Å². The van der Waals surface area contributed by atoms with Crippen LogP contribution in [0.5, 0.6) is 0 Å². The molecule has 1 aliphatic carbocycles. The second-order valence-electron chi connectivity index (χ2n) is 12.8. The molecule has 2 aliphatic rings. The first-order valence-corrected chi connectivity index (χ1v) is 14.1. The van der Waals surface area contributed by atoms with Gasteiger partial charge in [-0.15, -0.1) is 0 Å². The van der Waals surface area contributed by atoms with Crippen LogP contribution >= 0.6 is 0 Å². The Hall–Kier alpha value is -3.20. The van der Waals surface area contributed by atoms with Crippen molar-refractivity contribution in [3.8, 4) is 11.6 Å². The maximum Gasteiger partial charge on any atom is 0.307 e. The lowest BCUT2D eigenvalue weighted by Gasteiger charge is -2.30. The summed E-state index contributed by atoms with van der Waals surface area (Å²) in [6.45, 7) is 15.5. The highest BCUT2D eigenvalue weighted by atomic mass is 16.6. The van der Waals surface area contributed by atoms with Gasteiger partial charge in [-0.2, -0.15) is 10.1 Å². The fourth-order valence-electron chi connectivity index (χ4n) is 5.68. The van der Waals surface area contributed by atoms with Gasteiger partial charge in [0.2, 0.25) is 0 Å². The van der Waals surface area contributed by atoms with Crippen molar-refractivity contribution < 1.29 is 14.1 Å². The molecule has 3 aromatic rings. The minimum Gasteiger partial charge on any atom is -0.460 e. The predicted octanol–water partition coefficient (Wildman–Crippen LogP) is 5.33. The molecule has 0 N–H and O–H groups in total. The number of fused-ring (bicyclic) bond motifs is 2. The number of nitrogens with zero attached hydrogens (tertiary/aromatic N) is 6. The molecule has 210 valence electrons. The van der Waals surface area contributed by atoms with Gasteiger partial charge in [0.05, 0.1) is 6.42 Å². The van der Waals surface area contributed by atoms with Crippen LogP contribution in [0.1, 0.15) is 76.8 Å². The number of ether oxygens (including phenoxy) is 1. The van der Waals surface area contributed by atoms with Gasteiger partial charge in [0.25, 0.3) is 11.8 Å². The first-order valence-electron chi connectivity index (χ1n) is 14.1. The number of rotatable bonds is 8. The Morgan fingerprint density at radius 2 is 2.03 bits per heavy atom. The molecule has 39 heavy (non-hydrogen) atoms. The Kier molecular flexibility index (Phi) is 7.31. The standard InChI is InChI=1S/C30H42N6O3/c1-8-36-24-18-30(5,6)14-11-22(24)26(32-36)27-31-28(33-39-27)35-16-12-21-17-20(9-10-23(21)35)19-34(7)15-13-25(37)38-29(2,3)4/h9-10,17H,8,11-16,18-19H2,1-7H3. The molecule has 0 radical (unpaired) electrons. The Morgan fingerprint density at radius 1 is 1.23 bits per heavy atom. The van der Waals surface area contributed by atoms with Crippen molar-refractivity contribution in [1.29, 1.82) is 0 Å². The summed E-state index contributed by atoms with van der Waals surface area (Å²) >= 11 is 0. The van der Waals surface area contributed by atoms with Crippen LogP contribution in [-0.2, 0) is 41.9 Å². The van der Waals surface area contributed by atoms with E-state index in [9.17, 15) is 4.79 Å². The third-order valence-electron chi connectivity index (χ3n) is 7.63. The highest BCUT2D eigenvalue weighted by molar-refractivity contribution is 5.70. The molecule has 1 aliphatic heterocycles. The molecule has 3 heterocycles. The average molecular weight is 535 g/mol. The van der Waals surface area contributed by atoms with E-state index in [-0.39, 0.29) is 11.4 Å². The number of aromatic nitrogens is 4. The molecule has 0 unspecified atom stereocenters. The summed E-state index contributed by atoms with van der Waals surface area (Å²) in [6.07, 6.45) is 4.42. The fourth-order valence-corrected chi connectivity index (χ4v) is 5.68. The molecule has 0 amide bonds. The smallest absolute Gasteiger partial charge is 0.307 e. The number of aryl methyl sites for hydroxylation is 1. The first-order chi connectivity index (χ1) is 18.4. The van der Waals surface area contributed by atoms with Crippen LogP contribution in [0.25, 0.3) is 11.6 Å². The molecular weight excluding hydrogens is 492 g/mol. The molecule has 0 fully saturated rings. The number of carbonyl (C=O) groups is 1. The monoisotopic (exact) mass is 534 g/mol. The van der Waals surface area contributed by atoms with Gasteiger partial charge in [0, 0.05) is 43.1 Å². The van der Waals surface area contributed by atoms with Crippen LogP contribution in [0.2, 0.25) is 0 Å². The molecule has 9 heteroatoms. The lowest BCUT2D eigenvalue weighted by atomic mass is 9.76. The van der Waals surface area contributed by atoms with Gasteiger partial charge in [0.1, 0.15) is 5.60 Å². The summed E-state index contributed by atoms with van der Waals surface area (Å²) in [5.74, 6) is 0.927. The van der Waals surface area contributed by atoms with Crippen LogP contribution < -0.4 is 4.90 Å². The first kappa shape index (κ1) is 27.4. The summed E-state index contributed by atoms with van der Waals surface area (Å²) in [5.41, 5.74) is 6.84. The summed E-state index contributed by atoms with van der Waals surface area (Å²) in [5, 5.41) is 9.24. The number of benzene rings is 1. The van der Waals surface area contributed by atoms with E-state index in [4.69, 9.17) is 19.3 Å². The van der Waals surface area contributed by atoms with E-state index in [0.29, 0.717) is 24.8 Å². The van der Waals surface area contributed by atoms with E-state index in [1.165, 1.54) is 22.4 Å². The lowest BCUT2D eigenvalue weighted by molar-refractivity contribution is -0.155. The third kappa shape index (κ3) is 6.03. The molecule has 2 aromatic heterocycles. The SMILES string of the molecule is CCn1nc(-c2nc(N3CCc4cc(CN(C)CCC(=O)OC(C)(C)C)ccc43)no2)c2c1CC(C)(C)CC2. The second kappa shape index (κ2) is 10.4. The van der Waals surface area contributed by atoms with Gasteiger partial charge in [-0.1, -0.05) is 26.0 Å². The van der Waals surface area contributed by atoms with Crippen LogP contribution in [-0.4, -0.2) is 56.5 Å². The summed E-state index contributed by atoms with van der Waals surface area (Å²) in [7, 11) is 2.03. The zero-order chi connectivity index (χ0) is 27.9. The number of esters is 1. The molecule has 1 aromatic carbocycles. The Labute approximate surface area is 231 Å². The minimum atomic E-state index is -0.450. The maximum atomic E-state index is 12.1. The lowest BCUT2D eigenvalue weighted by Crippen LogP contribution is -2.27. The zero-order valence-corrected chi connectivity index (χ0v) is 24.5. The van der Waals surface area contributed by atoms with Gasteiger partial charge in [-0.25, -0.2) is 0 Å². The number of anilines is 2. The van der Waals surface area contributed by atoms with E-state index in [2.05, 4.69) is 58.6 Å². The summed E-state index contributed by atoms with van der Waals surface area (Å²) < 4.78 is 13.3. The molecule has 5 rings (SSSR count). The molecule has 0 saturated carbocycles. The molecule has 9 nitrogen and oxygen atoms in total. The molecular formula is C30H42N6O3. The molecule has 0 saturated heterocycles. The highest BCUT2D eigenvalue weighted by Crippen LogP contribution is 2.40.